The number of fused-ring (bicyclic) bond motifs is 1. The van der Waals surface area contributed by atoms with E-state index in [0.29, 0.717) is 18.4 Å². The molecule has 0 aromatic heterocycles. The lowest BCUT2D eigenvalue weighted by Crippen LogP contribution is -2.56. The van der Waals surface area contributed by atoms with Crippen molar-refractivity contribution in [2.45, 2.75) is 25.3 Å². The molecule has 2 aliphatic heterocycles. The van der Waals surface area contributed by atoms with E-state index in [1.165, 1.54) is 0 Å². The fourth-order valence-electron chi connectivity index (χ4n) is 2.33. The van der Waals surface area contributed by atoms with E-state index in [9.17, 15) is 4.79 Å². The second kappa shape index (κ2) is 3.48. The Morgan fingerprint density at radius 1 is 1.57 bits per heavy atom. The molecule has 14 heavy (non-hydrogen) atoms. The van der Waals surface area contributed by atoms with E-state index >= 15 is 0 Å². The molecule has 1 amide bonds. The summed E-state index contributed by atoms with van der Waals surface area (Å²) in [4.78, 5) is 13.0. The third-order valence-electron chi connectivity index (χ3n) is 3.16. The van der Waals surface area contributed by atoms with Crippen molar-refractivity contribution in [1.29, 1.82) is 5.41 Å². The molecule has 2 aliphatic rings. The molecule has 0 radical (unpaired) electrons. The molecule has 0 aromatic carbocycles. The molecule has 0 bridgehead atoms. The lowest BCUT2D eigenvalue weighted by molar-refractivity contribution is -0.125. The monoisotopic (exact) mass is 196 g/mol. The van der Waals surface area contributed by atoms with Crippen LogP contribution < -0.4 is 11.1 Å². The highest BCUT2D eigenvalue weighted by Crippen LogP contribution is 2.24. The summed E-state index contributed by atoms with van der Waals surface area (Å²) in [6, 6.07) is 0.312. The summed E-state index contributed by atoms with van der Waals surface area (Å²) < 4.78 is 0. The Morgan fingerprint density at radius 3 is 3.07 bits per heavy atom. The molecule has 2 atom stereocenters. The Labute approximate surface area is 83.1 Å². The number of nitrogens with two attached hydrogens (primary N) is 1. The molecule has 2 rings (SSSR count). The third kappa shape index (κ3) is 1.66. The summed E-state index contributed by atoms with van der Waals surface area (Å²) in [7, 11) is 0. The van der Waals surface area contributed by atoms with Gasteiger partial charge in [-0.2, -0.15) is 0 Å². The van der Waals surface area contributed by atoms with Gasteiger partial charge in [0.25, 0.3) is 0 Å². The number of amides is 1. The first-order chi connectivity index (χ1) is 6.66. The van der Waals surface area contributed by atoms with Gasteiger partial charge < -0.3 is 16.0 Å². The first-order valence-electron chi connectivity index (χ1n) is 5.05. The highest BCUT2D eigenvalue weighted by molar-refractivity contribution is 5.77. The fourth-order valence-corrected chi connectivity index (χ4v) is 2.33. The first kappa shape index (κ1) is 9.30. The summed E-state index contributed by atoms with van der Waals surface area (Å²) in [5.74, 6) is 0.799. The van der Waals surface area contributed by atoms with Crippen molar-refractivity contribution >= 4 is 11.9 Å². The maximum Gasteiger partial charge on any atom is 0.220 e. The van der Waals surface area contributed by atoms with Crippen molar-refractivity contribution in [3.63, 3.8) is 0 Å². The van der Waals surface area contributed by atoms with Gasteiger partial charge in [0.05, 0.1) is 0 Å². The van der Waals surface area contributed by atoms with Crippen LogP contribution in [0.1, 0.15) is 19.3 Å². The van der Waals surface area contributed by atoms with Crippen molar-refractivity contribution in [2.75, 3.05) is 13.1 Å². The van der Waals surface area contributed by atoms with Crippen molar-refractivity contribution in [3.05, 3.63) is 0 Å². The number of nitrogens with one attached hydrogen (secondary N) is 2. The minimum absolute atomic E-state index is 0.153. The normalized spacial score (nSPS) is 32.0. The zero-order chi connectivity index (χ0) is 10.1. The Hall–Kier alpha value is -1.26. The lowest BCUT2D eigenvalue weighted by Gasteiger charge is -2.41. The summed E-state index contributed by atoms with van der Waals surface area (Å²) in [6.45, 7) is 1.61. The van der Waals surface area contributed by atoms with Crippen LogP contribution in [0.4, 0.5) is 0 Å². The quantitative estimate of drug-likeness (QED) is 0.360. The van der Waals surface area contributed by atoms with Crippen LogP contribution in [-0.4, -0.2) is 35.9 Å². The first-order valence-corrected chi connectivity index (χ1v) is 5.05. The van der Waals surface area contributed by atoms with Crippen LogP contribution in [0.15, 0.2) is 0 Å². The summed E-state index contributed by atoms with van der Waals surface area (Å²) in [5, 5.41) is 10.4. The Kier molecular flexibility index (Phi) is 2.31. The Balaban J connectivity index is 1.98. The molecular weight excluding hydrogens is 180 g/mol. The maximum absolute atomic E-state index is 11.1. The molecule has 0 saturated carbocycles. The molecule has 2 saturated heterocycles. The number of hydrogen-bond acceptors (Lipinski definition) is 2. The summed E-state index contributed by atoms with van der Waals surface area (Å²) >= 11 is 0. The average Bonchev–Trinajstić information content (AvgIpc) is 2.16. The van der Waals surface area contributed by atoms with Gasteiger partial charge in [0, 0.05) is 25.6 Å². The van der Waals surface area contributed by atoms with Gasteiger partial charge in [0.1, 0.15) is 0 Å². The molecule has 0 aliphatic carbocycles. The van der Waals surface area contributed by atoms with E-state index in [2.05, 4.69) is 5.32 Å². The summed E-state index contributed by atoms with van der Waals surface area (Å²) in [5.41, 5.74) is 5.44. The minimum atomic E-state index is 0.153. The van der Waals surface area contributed by atoms with Crippen LogP contribution in [0.25, 0.3) is 0 Å². The van der Waals surface area contributed by atoms with Crippen molar-refractivity contribution < 1.29 is 4.79 Å². The third-order valence-corrected chi connectivity index (χ3v) is 3.16. The van der Waals surface area contributed by atoms with Gasteiger partial charge in [0.2, 0.25) is 5.91 Å². The number of carbonyl (C=O) groups is 1. The fraction of sp³-hybridized carbons (Fsp3) is 0.778. The van der Waals surface area contributed by atoms with Crippen molar-refractivity contribution in [2.24, 2.45) is 11.7 Å². The van der Waals surface area contributed by atoms with Gasteiger partial charge in [-0.05, 0) is 18.8 Å². The topological polar surface area (TPSA) is 82.2 Å². The van der Waals surface area contributed by atoms with Gasteiger partial charge in [-0.3, -0.25) is 10.2 Å². The Morgan fingerprint density at radius 2 is 2.36 bits per heavy atom. The molecule has 2 fully saturated rings. The molecule has 5 heteroatoms. The van der Waals surface area contributed by atoms with Crippen LogP contribution in [0.3, 0.4) is 0 Å². The Bertz CT molecular complexity index is 266. The molecule has 2 heterocycles. The lowest BCUT2D eigenvalue weighted by atomic mass is 9.85. The summed E-state index contributed by atoms with van der Waals surface area (Å²) in [6.07, 6.45) is 2.46. The van der Waals surface area contributed by atoms with E-state index in [0.717, 1.165) is 25.9 Å². The van der Waals surface area contributed by atoms with Gasteiger partial charge in [-0.15, -0.1) is 0 Å². The number of rotatable bonds is 0. The molecule has 0 aromatic rings. The standard InChI is InChI=1S/C9H16N4O/c10-9(11)13-4-3-7-6(5-13)1-2-8(14)12-7/h6-7H,1-5H2,(H3,10,11)(H,12,14). The predicted molar refractivity (Wildman–Crippen MR) is 52.8 cm³/mol. The van der Waals surface area contributed by atoms with Crippen LogP contribution in [-0.2, 0) is 4.79 Å². The second-order valence-electron chi connectivity index (χ2n) is 4.09. The predicted octanol–water partition coefficient (Wildman–Crippen LogP) is -0.520. The molecule has 2 unspecified atom stereocenters. The highest BCUT2D eigenvalue weighted by Gasteiger charge is 2.33. The van der Waals surface area contributed by atoms with Gasteiger partial charge in [-0.1, -0.05) is 0 Å². The van der Waals surface area contributed by atoms with E-state index in [1.54, 1.807) is 0 Å². The maximum atomic E-state index is 11.1. The number of guanidine groups is 1. The van der Waals surface area contributed by atoms with Gasteiger partial charge >= 0.3 is 0 Å². The number of carbonyl (C=O) groups excluding carboxylic acids is 1. The van der Waals surface area contributed by atoms with Gasteiger partial charge in [0.15, 0.2) is 5.96 Å². The molecular formula is C9H16N4O. The smallest absolute Gasteiger partial charge is 0.220 e. The SMILES string of the molecule is N=C(N)N1CCC2NC(=O)CCC2C1. The van der Waals surface area contributed by atoms with Crippen LogP contribution in [0.2, 0.25) is 0 Å². The van der Waals surface area contributed by atoms with Crippen LogP contribution in [0, 0.1) is 11.3 Å². The molecule has 5 nitrogen and oxygen atoms in total. The second-order valence-corrected chi connectivity index (χ2v) is 4.09. The van der Waals surface area contributed by atoms with E-state index < -0.39 is 0 Å². The average molecular weight is 196 g/mol. The van der Waals surface area contributed by atoms with Crippen LogP contribution in [0.5, 0.6) is 0 Å². The molecule has 78 valence electrons. The van der Waals surface area contributed by atoms with E-state index in [-0.39, 0.29) is 11.9 Å². The number of piperidine rings is 2. The van der Waals surface area contributed by atoms with Gasteiger partial charge in [-0.25, -0.2) is 0 Å². The zero-order valence-electron chi connectivity index (χ0n) is 8.12. The molecule has 4 N–H and O–H groups in total. The van der Waals surface area contributed by atoms with E-state index in [1.807, 2.05) is 4.90 Å². The number of nitrogens with zero attached hydrogens (tertiary/aromatic N) is 1. The molecule has 0 spiro atoms. The van der Waals surface area contributed by atoms with Crippen molar-refractivity contribution in [3.8, 4) is 0 Å². The largest absolute Gasteiger partial charge is 0.370 e. The number of likely N-dealkylation sites (tertiary alicyclic amines) is 1. The highest BCUT2D eigenvalue weighted by atomic mass is 16.1. The van der Waals surface area contributed by atoms with Crippen molar-refractivity contribution in [1.82, 2.24) is 10.2 Å². The zero-order valence-corrected chi connectivity index (χ0v) is 8.12. The van der Waals surface area contributed by atoms with E-state index in [4.69, 9.17) is 11.1 Å². The van der Waals surface area contributed by atoms with Crippen LogP contribution >= 0.6 is 0 Å². The minimum Gasteiger partial charge on any atom is -0.370 e. The number of hydrogen-bond donors (Lipinski definition) is 3.